The molecular formula is C20H26N2O5S. The first kappa shape index (κ1) is 21.7. The monoisotopic (exact) mass is 406 g/mol. The maximum absolute atomic E-state index is 12.8. The second-order valence-electron chi connectivity index (χ2n) is 6.49. The first-order chi connectivity index (χ1) is 13.2. The molecule has 0 aliphatic heterocycles. The molecule has 152 valence electrons. The molecular weight excluding hydrogens is 380 g/mol. The van der Waals surface area contributed by atoms with Crippen LogP contribution in [0.1, 0.15) is 18.5 Å². The van der Waals surface area contributed by atoms with Gasteiger partial charge in [-0.05, 0) is 36.8 Å². The van der Waals surface area contributed by atoms with Crippen LogP contribution in [0.4, 0.5) is 0 Å². The van der Waals surface area contributed by atoms with E-state index in [0.717, 1.165) is 16.3 Å². The highest BCUT2D eigenvalue weighted by Gasteiger charge is 2.31. The van der Waals surface area contributed by atoms with Crippen molar-refractivity contribution in [2.24, 2.45) is 0 Å². The van der Waals surface area contributed by atoms with Gasteiger partial charge in [-0.1, -0.05) is 30.3 Å². The Morgan fingerprint density at radius 3 is 2.18 bits per heavy atom. The van der Waals surface area contributed by atoms with Gasteiger partial charge >= 0.3 is 0 Å². The van der Waals surface area contributed by atoms with E-state index in [1.165, 1.54) is 7.05 Å². The molecule has 0 fully saturated rings. The number of nitrogens with one attached hydrogen (secondary N) is 1. The van der Waals surface area contributed by atoms with E-state index in [9.17, 15) is 13.2 Å². The van der Waals surface area contributed by atoms with Crippen molar-refractivity contribution in [3.8, 4) is 11.5 Å². The first-order valence-electron chi connectivity index (χ1n) is 8.77. The first-order valence-corrected chi connectivity index (χ1v) is 10.6. The van der Waals surface area contributed by atoms with Gasteiger partial charge in [0.15, 0.2) is 0 Å². The molecule has 0 unspecified atom stereocenters. The highest BCUT2D eigenvalue weighted by molar-refractivity contribution is 7.88. The van der Waals surface area contributed by atoms with Crippen LogP contribution < -0.4 is 14.8 Å². The maximum atomic E-state index is 12.8. The van der Waals surface area contributed by atoms with Crippen LogP contribution in [-0.4, -0.2) is 51.7 Å². The number of amides is 1. The number of hydrogen-bond acceptors (Lipinski definition) is 5. The van der Waals surface area contributed by atoms with E-state index in [2.05, 4.69) is 5.32 Å². The van der Waals surface area contributed by atoms with Crippen LogP contribution in [0.5, 0.6) is 11.5 Å². The van der Waals surface area contributed by atoms with Gasteiger partial charge in [-0.2, -0.15) is 4.31 Å². The Morgan fingerprint density at radius 2 is 1.64 bits per heavy atom. The summed E-state index contributed by atoms with van der Waals surface area (Å²) in [5.74, 6) is 0.961. The molecule has 2 rings (SSSR count). The Bertz CT molecular complexity index is 869. The third kappa shape index (κ3) is 5.97. The lowest BCUT2D eigenvalue weighted by Crippen LogP contribution is -2.45. The number of sulfonamides is 1. The van der Waals surface area contributed by atoms with Crippen LogP contribution >= 0.6 is 0 Å². The molecule has 7 nitrogen and oxygen atoms in total. The molecule has 2 atom stereocenters. The molecule has 0 saturated carbocycles. The van der Waals surface area contributed by atoms with Crippen molar-refractivity contribution < 1.29 is 22.7 Å². The summed E-state index contributed by atoms with van der Waals surface area (Å²) in [6.07, 6.45) is 1.08. The van der Waals surface area contributed by atoms with Crippen molar-refractivity contribution in [1.29, 1.82) is 0 Å². The largest absolute Gasteiger partial charge is 0.497 e. The second-order valence-corrected chi connectivity index (χ2v) is 8.53. The minimum atomic E-state index is -3.56. The highest BCUT2D eigenvalue weighted by atomic mass is 32.2. The SMILES string of the molecule is COc1ccc(OC[C@@H](C)NC(=O)[C@H](c2ccccc2)N(C)S(C)(=O)=O)cc1. The molecule has 0 aliphatic carbocycles. The molecule has 0 radical (unpaired) electrons. The number of hydrogen-bond donors (Lipinski definition) is 1. The minimum Gasteiger partial charge on any atom is -0.497 e. The summed E-state index contributed by atoms with van der Waals surface area (Å²) in [7, 11) is -0.582. The number of methoxy groups -OCH3 is 1. The van der Waals surface area contributed by atoms with E-state index in [1.54, 1.807) is 62.6 Å². The Labute approximate surface area is 166 Å². The lowest BCUT2D eigenvalue weighted by Gasteiger charge is -2.27. The number of ether oxygens (including phenoxy) is 2. The normalized spacial score (nSPS) is 13.6. The number of likely N-dealkylation sites (N-methyl/N-ethyl adjacent to an activating group) is 1. The van der Waals surface area contributed by atoms with E-state index < -0.39 is 22.0 Å². The minimum absolute atomic E-state index is 0.238. The predicted molar refractivity (Wildman–Crippen MR) is 108 cm³/mol. The van der Waals surface area contributed by atoms with Crippen molar-refractivity contribution in [2.45, 2.75) is 19.0 Å². The summed E-state index contributed by atoms with van der Waals surface area (Å²) in [6, 6.07) is 14.6. The third-order valence-electron chi connectivity index (χ3n) is 4.20. The van der Waals surface area contributed by atoms with E-state index in [0.29, 0.717) is 11.3 Å². The second kappa shape index (κ2) is 9.57. The topological polar surface area (TPSA) is 84.9 Å². The van der Waals surface area contributed by atoms with Crippen LogP contribution in [0, 0.1) is 0 Å². The third-order valence-corrected chi connectivity index (χ3v) is 5.46. The Morgan fingerprint density at radius 1 is 1.07 bits per heavy atom. The van der Waals surface area contributed by atoms with Crippen LogP contribution in [-0.2, 0) is 14.8 Å². The maximum Gasteiger partial charge on any atom is 0.243 e. The van der Waals surface area contributed by atoms with Gasteiger partial charge in [0.25, 0.3) is 0 Å². The molecule has 0 bridgehead atoms. The summed E-state index contributed by atoms with van der Waals surface area (Å²) < 4.78 is 35.9. The average Bonchev–Trinajstić information content (AvgIpc) is 2.67. The van der Waals surface area contributed by atoms with Crippen molar-refractivity contribution in [3.63, 3.8) is 0 Å². The lowest BCUT2D eigenvalue weighted by atomic mass is 10.1. The molecule has 2 aromatic rings. The van der Waals surface area contributed by atoms with Crippen LogP contribution in [0.15, 0.2) is 54.6 Å². The standard InChI is InChI=1S/C20H26N2O5S/c1-15(14-27-18-12-10-17(26-3)11-13-18)21-20(23)19(22(2)28(4,24)25)16-8-6-5-7-9-16/h5-13,15,19H,14H2,1-4H3,(H,21,23)/t15-,19+/m1/s1. The van der Waals surface area contributed by atoms with Crippen LogP contribution in [0.25, 0.3) is 0 Å². The van der Waals surface area contributed by atoms with E-state index in [-0.39, 0.29) is 12.6 Å². The van der Waals surface area contributed by atoms with Gasteiger partial charge in [0, 0.05) is 7.05 Å². The fraction of sp³-hybridized carbons (Fsp3) is 0.350. The molecule has 0 saturated heterocycles. The molecule has 0 spiro atoms. The number of carbonyl (C=O) groups is 1. The molecule has 1 N–H and O–H groups in total. The van der Waals surface area contributed by atoms with E-state index in [4.69, 9.17) is 9.47 Å². The summed E-state index contributed by atoms with van der Waals surface area (Å²) in [4.78, 5) is 12.8. The predicted octanol–water partition coefficient (Wildman–Crippen LogP) is 2.21. The summed E-state index contributed by atoms with van der Waals surface area (Å²) in [5.41, 5.74) is 0.594. The highest BCUT2D eigenvalue weighted by Crippen LogP contribution is 2.22. The van der Waals surface area contributed by atoms with Crippen LogP contribution in [0.3, 0.4) is 0 Å². The molecule has 1 amide bonds. The molecule has 2 aromatic carbocycles. The molecule has 0 aliphatic rings. The van der Waals surface area contributed by atoms with Gasteiger partial charge < -0.3 is 14.8 Å². The quantitative estimate of drug-likeness (QED) is 0.690. The molecule has 0 aromatic heterocycles. The zero-order valence-electron chi connectivity index (χ0n) is 16.5. The lowest BCUT2D eigenvalue weighted by molar-refractivity contribution is -0.125. The van der Waals surface area contributed by atoms with Crippen molar-refractivity contribution in [3.05, 3.63) is 60.2 Å². The van der Waals surface area contributed by atoms with E-state index >= 15 is 0 Å². The Balaban J connectivity index is 2.05. The summed E-state index contributed by atoms with van der Waals surface area (Å²) in [6.45, 7) is 2.03. The Kier molecular flexibility index (Phi) is 7.42. The average molecular weight is 407 g/mol. The fourth-order valence-corrected chi connectivity index (χ4v) is 3.21. The molecule has 8 heteroatoms. The van der Waals surface area contributed by atoms with Gasteiger partial charge in [0.2, 0.25) is 15.9 Å². The van der Waals surface area contributed by atoms with Gasteiger partial charge in [0.05, 0.1) is 19.4 Å². The summed E-state index contributed by atoms with van der Waals surface area (Å²) in [5, 5.41) is 2.83. The van der Waals surface area contributed by atoms with E-state index in [1.807, 2.05) is 6.07 Å². The van der Waals surface area contributed by atoms with Crippen molar-refractivity contribution in [2.75, 3.05) is 27.0 Å². The zero-order valence-corrected chi connectivity index (χ0v) is 17.3. The molecule has 28 heavy (non-hydrogen) atoms. The van der Waals surface area contributed by atoms with Crippen molar-refractivity contribution >= 4 is 15.9 Å². The fourth-order valence-electron chi connectivity index (χ4n) is 2.61. The van der Waals surface area contributed by atoms with Gasteiger partial charge in [-0.3, -0.25) is 4.79 Å². The molecule has 0 heterocycles. The summed E-state index contributed by atoms with van der Waals surface area (Å²) >= 11 is 0. The zero-order chi connectivity index (χ0) is 20.7. The number of carbonyl (C=O) groups excluding carboxylic acids is 1. The van der Waals surface area contributed by atoms with Crippen molar-refractivity contribution in [1.82, 2.24) is 9.62 Å². The van der Waals surface area contributed by atoms with Gasteiger partial charge in [-0.15, -0.1) is 0 Å². The van der Waals surface area contributed by atoms with Gasteiger partial charge in [-0.25, -0.2) is 8.42 Å². The number of rotatable bonds is 9. The Hall–Kier alpha value is -2.58. The number of nitrogens with zero attached hydrogens (tertiary/aromatic N) is 1. The van der Waals surface area contributed by atoms with Crippen LogP contribution in [0.2, 0.25) is 0 Å². The van der Waals surface area contributed by atoms with Gasteiger partial charge in [0.1, 0.15) is 24.1 Å². The number of benzene rings is 2. The smallest absolute Gasteiger partial charge is 0.243 e.